The molecule has 1 aliphatic carbocycles. The molecule has 6 rings (SSSR count). The summed E-state index contributed by atoms with van der Waals surface area (Å²) in [5, 5.41) is 6.38. The Balaban J connectivity index is 1.25. The number of aryl methyl sites for hydroxylation is 1. The minimum atomic E-state index is -1.12. The Bertz CT molecular complexity index is 1200. The Morgan fingerprint density at radius 3 is 2.63 bits per heavy atom. The van der Waals surface area contributed by atoms with Gasteiger partial charge in [0.2, 0.25) is 17.7 Å². The number of likely N-dealkylation sites (tertiary alicyclic amines) is 2. The highest BCUT2D eigenvalue weighted by molar-refractivity contribution is 6.02. The number of piperidine rings is 1. The van der Waals surface area contributed by atoms with Crippen molar-refractivity contribution in [2.24, 2.45) is 23.7 Å². The van der Waals surface area contributed by atoms with Crippen LogP contribution in [0, 0.1) is 30.6 Å². The standard InChI is InChI=1S/C33H46N4O4/c1-21-10-7-12-24(20-21)34-30(38)27-26-14-15-33(41-26)28(27)32(40)37(19-9-18-36-16-5-4-6-17-36)29(33)31(39)35-25-13-8-11-22(2)23(25)3/h7,10,12,14-15,20,22-23,25-29H,4-6,8-9,11,13,16-19H2,1-3H3,(H,34,38)(H,35,39)/t22?,23?,25?,26-,27?,28-,29?,33?/m0/s1. The van der Waals surface area contributed by atoms with Crippen molar-refractivity contribution in [3.05, 3.63) is 42.0 Å². The van der Waals surface area contributed by atoms with Crippen LogP contribution in [0.1, 0.15) is 64.4 Å². The molecule has 1 spiro atoms. The Hall–Kier alpha value is -2.71. The second kappa shape index (κ2) is 11.5. The number of anilines is 1. The van der Waals surface area contributed by atoms with E-state index in [0.717, 1.165) is 44.5 Å². The van der Waals surface area contributed by atoms with Crippen LogP contribution >= 0.6 is 0 Å². The number of rotatable bonds is 8. The van der Waals surface area contributed by atoms with Gasteiger partial charge in [-0.05, 0) is 81.8 Å². The van der Waals surface area contributed by atoms with E-state index in [1.54, 1.807) is 4.90 Å². The largest absolute Gasteiger partial charge is 0.359 e. The van der Waals surface area contributed by atoms with Crippen LogP contribution < -0.4 is 10.6 Å². The van der Waals surface area contributed by atoms with Gasteiger partial charge in [0.15, 0.2) is 0 Å². The van der Waals surface area contributed by atoms with Crippen LogP contribution in [-0.2, 0) is 19.1 Å². The summed E-state index contributed by atoms with van der Waals surface area (Å²) < 4.78 is 6.54. The molecule has 4 fully saturated rings. The SMILES string of the molecule is Cc1cccc(NC(=O)C2[C@@H]3C=CC4(O3)C(C(=O)NC3CCCC(C)C3C)N(CCCN3CCCCC3)C(=O)[C@H]24)c1. The molecule has 2 N–H and O–H groups in total. The molecule has 2 bridgehead atoms. The summed E-state index contributed by atoms with van der Waals surface area (Å²) in [7, 11) is 0. The van der Waals surface area contributed by atoms with E-state index >= 15 is 0 Å². The minimum Gasteiger partial charge on any atom is -0.359 e. The van der Waals surface area contributed by atoms with E-state index in [4.69, 9.17) is 4.74 Å². The second-order valence-corrected chi connectivity index (χ2v) is 13.2. The maximum atomic E-state index is 14.2. The van der Waals surface area contributed by atoms with E-state index in [-0.39, 0.29) is 23.8 Å². The third-order valence-corrected chi connectivity index (χ3v) is 10.6. The van der Waals surface area contributed by atoms with Gasteiger partial charge < -0.3 is 25.2 Å². The molecule has 1 saturated carbocycles. The van der Waals surface area contributed by atoms with E-state index in [9.17, 15) is 14.4 Å². The minimum absolute atomic E-state index is 0.0787. The molecule has 5 aliphatic rings. The zero-order chi connectivity index (χ0) is 28.7. The molecule has 222 valence electrons. The zero-order valence-corrected chi connectivity index (χ0v) is 24.8. The second-order valence-electron chi connectivity index (χ2n) is 13.2. The number of nitrogens with one attached hydrogen (secondary N) is 2. The molecule has 6 unspecified atom stereocenters. The average Bonchev–Trinajstić information content (AvgIpc) is 3.59. The molecule has 41 heavy (non-hydrogen) atoms. The first-order valence-electron chi connectivity index (χ1n) is 15.9. The van der Waals surface area contributed by atoms with E-state index in [1.165, 1.54) is 25.7 Å². The number of amides is 3. The number of hydrogen-bond acceptors (Lipinski definition) is 5. The average molecular weight is 563 g/mol. The number of carbonyl (C=O) groups excluding carboxylic acids is 3. The quantitative estimate of drug-likeness (QED) is 0.469. The first kappa shape index (κ1) is 28.4. The fraction of sp³-hybridized carbons (Fsp3) is 0.667. The lowest BCUT2D eigenvalue weighted by molar-refractivity contribution is -0.141. The van der Waals surface area contributed by atoms with Crippen LogP contribution in [0.2, 0.25) is 0 Å². The van der Waals surface area contributed by atoms with E-state index in [0.29, 0.717) is 24.1 Å². The first-order chi connectivity index (χ1) is 19.8. The Labute approximate surface area is 244 Å². The number of nitrogens with zero attached hydrogens (tertiary/aromatic N) is 2. The lowest BCUT2D eigenvalue weighted by Crippen LogP contribution is -2.58. The highest BCUT2D eigenvalue weighted by Gasteiger charge is 2.72. The van der Waals surface area contributed by atoms with E-state index in [2.05, 4.69) is 29.4 Å². The van der Waals surface area contributed by atoms with Gasteiger partial charge in [-0.1, -0.05) is 57.4 Å². The third-order valence-electron chi connectivity index (χ3n) is 10.6. The van der Waals surface area contributed by atoms with E-state index in [1.807, 2.05) is 43.3 Å². The van der Waals surface area contributed by atoms with Crippen LogP contribution in [0.5, 0.6) is 0 Å². The molecule has 3 saturated heterocycles. The topological polar surface area (TPSA) is 91.0 Å². The van der Waals surface area contributed by atoms with Gasteiger partial charge in [0.25, 0.3) is 0 Å². The molecule has 8 atom stereocenters. The molecule has 1 aromatic rings. The maximum Gasteiger partial charge on any atom is 0.246 e. The molecule has 4 heterocycles. The summed E-state index contributed by atoms with van der Waals surface area (Å²) in [6.45, 7) is 10.0. The van der Waals surface area contributed by atoms with Crippen molar-refractivity contribution in [3.8, 4) is 0 Å². The summed E-state index contributed by atoms with van der Waals surface area (Å²) in [5.41, 5.74) is 0.632. The highest BCUT2D eigenvalue weighted by atomic mass is 16.5. The van der Waals surface area contributed by atoms with Crippen LogP contribution in [0.4, 0.5) is 5.69 Å². The van der Waals surface area contributed by atoms with Gasteiger partial charge in [0, 0.05) is 18.3 Å². The molecular formula is C33H46N4O4. The van der Waals surface area contributed by atoms with Crippen molar-refractivity contribution in [1.82, 2.24) is 15.1 Å². The van der Waals surface area contributed by atoms with Crippen molar-refractivity contribution < 1.29 is 19.1 Å². The summed E-state index contributed by atoms with van der Waals surface area (Å²) in [6, 6.07) is 6.97. The van der Waals surface area contributed by atoms with Crippen molar-refractivity contribution >= 4 is 23.4 Å². The predicted octanol–water partition coefficient (Wildman–Crippen LogP) is 3.90. The van der Waals surface area contributed by atoms with Gasteiger partial charge >= 0.3 is 0 Å². The first-order valence-corrected chi connectivity index (χ1v) is 15.9. The summed E-state index contributed by atoms with van der Waals surface area (Å²) in [4.78, 5) is 46.3. The number of hydrogen-bond donors (Lipinski definition) is 2. The molecule has 0 radical (unpaired) electrons. The van der Waals surface area contributed by atoms with Crippen LogP contribution in [0.25, 0.3) is 0 Å². The van der Waals surface area contributed by atoms with Gasteiger partial charge in [-0.15, -0.1) is 0 Å². The van der Waals surface area contributed by atoms with Gasteiger partial charge in [-0.25, -0.2) is 0 Å². The Morgan fingerprint density at radius 1 is 1.05 bits per heavy atom. The molecule has 3 amide bonds. The van der Waals surface area contributed by atoms with Gasteiger partial charge in [0.05, 0.1) is 17.9 Å². The smallest absolute Gasteiger partial charge is 0.246 e. The van der Waals surface area contributed by atoms with Crippen LogP contribution in [0.3, 0.4) is 0 Å². The monoisotopic (exact) mass is 562 g/mol. The lowest BCUT2D eigenvalue weighted by atomic mass is 9.73. The molecule has 8 nitrogen and oxygen atoms in total. The lowest BCUT2D eigenvalue weighted by Gasteiger charge is -2.38. The van der Waals surface area contributed by atoms with Crippen molar-refractivity contribution in [2.75, 3.05) is 31.5 Å². The highest BCUT2D eigenvalue weighted by Crippen LogP contribution is 2.55. The van der Waals surface area contributed by atoms with Crippen LogP contribution in [-0.4, -0.2) is 77.5 Å². The Kier molecular flexibility index (Phi) is 7.98. The van der Waals surface area contributed by atoms with Crippen LogP contribution in [0.15, 0.2) is 36.4 Å². The molecule has 8 heteroatoms. The van der Waals surface area contributed by atoms with Crippen molar-refractivity contribution in [1.29, 1.82) is 0 Å². The number of ether oxygens (including phenoxy) is 1. The predicted molar refractivity (Wildman–Crippen MR) is 158 cm³/mol. The van der Waals surface area contributed by atoms with Gasteiger partial charge in [-0.3, -0.25) is 14.4 Å². The zero-order valence-electron chi connectivity index (χ0n) is 24.8. The van der Waals surface area contributed by atoms with Crippen molar-refractivity contribution in [3.63, 3.8) is 0 Å². The maximum absolute atomic E-state index is 14.2. The fourth-order valence-electron chi connectivity index (χ4n) is 8.15. The summed E-state index contributed by atoms with van der Waals surface area (Å²) in [6.07, 6.45) is 11.0. The van der Waals surface area contributed by atoms with Gasteiger partial charge in [0.1, 0.15) is 11.6 Å². The van der Waals surface area contributed by atoms with Gasteiger partial charge in [-0.2, -0.15) is 0 Å². The fourth-order valence-corrected chi connectivity index (χ4v) is 8.15. The summed E-state index contributed by atoms with van der Waals surface area (Å²) >= 11 is 0. The van der Waals surface area contributed by atoms with E-state index < -0.39 is 29.6 Å². The molecular weight excluding hydrogens is 516 g/mol. The molecule has 1 aromatic carbocycles. The Morgan fingerprint density at radius 2 is 1.85 bits per heavy atom. The summed E-state index contributed by atoms with van der Waals surface area (Å²) in [5.74, 6) is -0.984. The number of carbonyl (C=O) groups is 3. The normalized spacial score (nSPS) is 36.4. The number of benzene rings is 1. The third kappa shape index (κ3) is 5.22. The number of fused-ring (bicyclic) bond motifs is 1. The van der Waals surface area contributed by atoms with Crippen molar-refractivity contribution in [2.45, 2.75) is 89.5 Å². The molecule has 4 aliphatic heterocycles. The molecule has 0 aromatic heterocycles.